The van der Waals surface area contributed by atoms with Crippen LogP contribution in [0.25, 0.3) is 0 Å². The molecule has 1 aromatic rings. The van der Waals surface area contributed by atoms with Crippen molar-refractivity contribution in [1.82, 2.24) is 0 Å². The van der Waals surface area contributed by atoms with Crippen molar-refractivity contribution in [2.24, 2.45) is 5.92 Å². The Morgan fingerprint density at radius 3 is 3.06 bits per heavy atom. The van der Waals surface area contributed by atoms with Gasteiger partial charge in [-0.05, 0) is 24.6 Å². The van der Waals surface area contributed by atoms with Gasteiger partial charge in [-0.25, -0.2) is 0 Å². The monoisotopic (exact) mass is 231 g/mol. The van der Waals surface area contributed by atoms with Crippen molar-refractivity contribution in [2.75, 3.05) is 6.61 Å². The van der Waals surface area contributed by atoms with Crippen molar-refractivity contribution in [2.45, 2.75) is 19.4 Å². The summed E-state index contributed by atoms with van der Waals surface area (Å²) in [5, 5.41) is 8.76. The second kappa shape index (κ2) is 4.88. The number of nitriles is 1. The Labute approximate surface area is 99.8 Å². The fourth-order valence-electron chi connectivity index (χ4n) is 1.86. The number of benzene rings is 1. The molecule has 0 spiro atoms. The summed E-state index contributed by atoms with van der Waals surface area (Å²) in [6, 6.07) is 9.38. The summed E-state index contributed by atoms with van der Waals surface area (Å²) in [5.74, 6) is -0.323. The maximum absolute atomic E-state index is 11.3. The van der Waals surface area contributed by atoms with Crippen LogP contribution in [0.1, 0.15) is 25.0 Å². The predicted molar refractivity (Wildman–Crippen MR) is 60.2 cm³/mol. The van der Waals surface area contributed by atoms with Crippen LogP contribution in [0.4, 0.5) is 0 Å². The number of esters is 1. The molecule has 1 aliphatic heterocycles. The van der Waals surface area contributed by atoms with Gasteiger partial charge in [0.15, 0.2) is 0 Å². The Kier molecular flexibility index (Phi) is 3.29. The predicted octanol–water partition coefficient (Wildman–Crippen LogP) is 2.21. The van der Waals surface area contributed by atoms with Gasteiger partial charge in [0.05, 0.1) is 12.7 Å². The number of carbonyl (C=O) groups excluding carboxylic acids is 1. The summed E-state index contributed by atoms with van der Waals surface area (Å²) in [4.78, 5) is 11.3. The molecule has 4 heteroatoms. The number of cyclic esters (lactones) is 1. The van der Waals surface area contributed by atoms with Crippen molar-refractivity contribution in [3.63, 3.8) is 0 Å². The summed E-state index contributed by atoms with van der Waals surface area (Å²) in [7, 11) is 0. The van der Waals surface area contributed by atoms with E-state index in [1.807, 2.05) is 37.3 Å². The molecule has 17 heavy (non-hydrogen) atoms. The highest BCUT2D eigenvalue weighted by Gasteiger charge is 2.35. The first kappa shape index (κ1) is 11.5. The second-order valence-electron chi connectivity index (χ2n) is 3.85. The first-order valence-corrected chi connectivity index (χ1v) is 5.57. The van der Waals surface area contributed by atoms with Crippen LogP contribution in [-0.2, 0) is 9.53 Å². The molecular weight excluding hydrogens is 218 g/mol. The zero-order chi connectivity index (χ0) is 12.3. The highest BCUT2D eigenvalue weighted by atomic mass is 16.6. The Hall–Kier alpha value is -2.02. The lowest BCUT2D eigenvalue weighted by atomic mass is 10.0. The van der Waals surface area contributed by atoms with Gasteiger partial charge < -0.3 is 9.47 Å². The molecule has 4 nitrogen and oxygen atoms in total. The van der Waals surface area contributed by atoms with Crippen molar-refractivity contribution < 1.29 is 14.3 Å². The molecule has 1 aliphatic rings. The van der Waals surface area contributed by atoms with E-state index in [0.717, 1.165) is 11.3 Å². The van der Waals surface area contributed by atoms with E-state index in [4.69, 9.17) is 14.7 Å². The van der Waals surface area contributed by atoms with E-state index in [0.29, 0.717) is 13.0 Å². The summed E-state index contributed by atoms with van der Waals surface area (Å²) in [5.41, 5.74) is 0.877. The van der Waals surface area contributed by atoms with Crippen LogP contribution in [0.3, 0.4) is 0 Å². The van der Waals surface area contributed by atoms with Gasteiger partial charge in [-0.1, -0.05) is 12.1 Å². The van der Waals surface area contributed by atoms with E-state index in [1.165, 1.54) is 0 Å². The second-order valence-corrected chi connectivity index (χ2v) is 3.85. The SMILES string of the molecule is CCOc1cccc(C2CC(C#N)C(=O)O2)c1. The fourth-order valence-corrected chi connectivity index (χ4v) is 1.86. The van der Waals surface area contributed by atoms with Gasteiger partial charge in [-0.15, -0.1) is 0 Å². The summed E-state index contributed by atoms with van der Waals surface area (Å²) in [6.07, 6.45) is 0.0952. The molecule has 1 fully saturated rings. The van der Waals surface area contributed by atoms with Crippen molar-refractivity contribution in [1.29, 1.82) is 5.26 Å². The number of hydrogen-bond acceptors (Lipinski definition) is 4. The van der Waals surface area contributed by atoms with Crippen molar-refractivity contribution in [3.05, 3.63) is 29.8 Å². The lowest BCUT2D eigenvalue weighted by molar-refractivity contribution is -0.143. The number of carbonyl (C=O) groups is 1. The summed E-state index contributed by atoms with van der Waals surface area (Å²) in [6.45, 7) is 2.50. The zero-order valence-electron chi connectivity index (χ0n) is 9.55. The highest BCUT2D eigenvalue weighted by molar-refractivity contribution is 5.77. The Balaban J connectivity index is 2.16. The molecule has 2 unspecified atom stereocenters. The molecule has 88 valence electrons. The largest absolute Gasteiger partial charge is 0.494 e. The Morgan fingerprint density at radius 1 is 1.59 bits per heavy atom. The van der Waals surface area contributed by atoms with Gasteiger partial charge in [0.1, 0.15) is 17.8 Å². The summed E-state index contributed by atoms with van der Waals surface area (Å²) < 4.78 is 10.5. The van der Waals surface area contributed by atoms with Crippen LogP contribution in [0.5, 0.6) is 5.75 Å². The third-order valence-corrected chi connectivity index (χ3v) is 2.69. The molecule has 0 saturated carbocycles. The Bertz CT molecular complexity index is 464. The molecule has 2 rings (SSSR count). The first-order chi connectivity index (χ1) is 8.24. The Morgan fingerprint density at radius 2 is 2.41 bits per heavy atom. The smallest absolute Gasteiger partial charge is 0.324 e. The van der Waals surface area contributed by atoms with Gasteiger partial charge in [0.25, 0.3) is 0 Å². The lowest BCUT2D eigenvalue weighted by Crippen LogP contribution is -2.03. The fraction of sp³-hybridized carbons (Fsp3) is 0.385. The number of ether oxygens (including phenoxy) is 2. The van der Waals surface area contributed by atoms with Crippen LogP contribution in [0, 0.1) is 17.2 Å². The minimum atomic E-state index is -0.643. The average Bonchev–Trinajstić information content (AvgIpc) is 2.71. The van der Waals surface area contributed by atoms with Crippen molar-refractivity contribution >= 4 is 5.97 Å². The normalized spacial score (nSPS) is 22.9. The zero-order valence-corrected chi connectivity index (χ0v) is 9.55. The topological polar surface area (TPSA) is 59.3 Å². The molecule has 0 bridgehead atoms. The van der Waals surface area contributed by atoms with Crippen LogP contribution in [-0.4, -0.2) is 12.6 Å². The van der Waals surface area contributed by atoms with Crippen LogP contribution < -0.4 is 4.74 Å². The lowest BCUT2D eigenvalue weighted by Gasteiger charge is -2.10. The maximum Gasteiger partial charge on any atom is 0.324 e. The first-order valence-electron chi connectivity index (χ1n) is 5.57. The van der Waals surface area contributed by atoms with Crippen molar-refractivity contribution in [3.8, 4) is 11.8 Å². The molecule has 0 aromatic heterocycles. The highest BCUT2D eigenvalue weighted by Crippen LogP contribution is 2.34. The molecule has 1 heterocycles. The van der Waals surface area contributed by atoms with Gasteiger partial charge in [-0.2, -0.15) is 5.26 Å². The maximum atomic E-state index is 11.3. The van der Waals surface area contributed by atoms with Gasteiger partial charge in [0.2, 0.25) is 0 Å². The molecule has 0 aliphatic carbocycles. The molecule has 0 N–H and O–H groups in total. The third-order valence-electron chi connectivity index (χ3n) is 2.69. The minimum Gasteiger partial charge on any atom is -0.494 e. The van der Waals surface area contributed by atoms with E-state index in [-0.39, 0.29) is 6.10 Å². The number of hydrogen-bond donors (Lipinski definition) is 0. The van der Waals surface area contributed by atoms with E-state index in [9.17, 15) is 4.79 Å². The molecule has 1 saturated heterocycles. The van der Waals surface area contributed by atoms with E-state index in [2.05, 4.69) is 0 Å². The van der Waals surface area contributed by atoms with Gasteiger partial charge in [-0.3, -0.25) is 4.79 Å². The standard InChI is InChI=1S/C13H13NO3/c1-2-16-11-5-3-4-9(6-11)12-7-10(8-14)13(15)17-12/h3-6,10,12H,2,7H2,1H3. The van der Waals surface area contributed by atoms with Gasteiger partial charge in [0, 0.05) is 6.42 Å². The molecule has 2 atom stereocenters. The van der Waals surface area contributed by atoms with Crippen LogP contribution >= 0.6 is 0 Å². The molecule has 1 aromatic carbocycles. The number of rotatable bonds is 3. The van der Waals surface area contributed by atoms with E-state index >= 15 is 0 Å². The van der Waals surface area contributed by atoms with Crippen LogP contribution in [0.2, 0.25) is 0 Å². The average molecular weight is 231 g/mol. The molecule has 0 radical (unpaired) electrons. The minimum absolute atomic E-state index is 0.326. The quantitative estimate of drug-likeness (QED) is 0.748. The van der Waals surface area contributed by atoms with Crippen LogP contribution in [0.15, 0.2) is 24.3 Å². The number of nitrogens with zero attached hydrogens (tertiary/aromatic N) is 1. The van der Waals surface area contributed by atoms with Gasteiger partial charge >= 0.3 is 5.97 Å². The summed E-state index contributed by atoms with van der Waals surface area (Å²) >= 11 is 0. The molecular formula is C13H13NO3. The van der Waals surface area contributed by atoms with E-state index < -0.39 is 11.9 Å². The third kappa shape index (κ3) is 2.39. The molecule has 0 amide bonds. The van der Waals surface area contributed by atoms with E-state index in [1.54, 1.807) is 0 Å².